The van der Waals surface area contributed by atoms with Gasteiger partial charge in [0, 0.05) is 26.2 Å². The van der Waals surface area contributed by atoms with Gasteiger partial charge in [0.25, 0.3) is 0 Å². The molecule has 1 aliphatic rings. The van der Waals surface area contributed by atoms with Gasteiger partial charge in [-0.3, -0.25) is 9.48 Å². The number of hydrogen-bond acceptors (Lipinski definition) is 3. The van der Waals surface area contributed by atoms with E-state index >= 15 is 0 Å². The summed E-state index contributed by atoms with van der Waals surface area (Å²) in [7, 11) is 1.89. The summed E-state index contributed by atoms with van der Waals surface area (Å²) < 4.78 is 1.79. The summed E-state index contributed by atoms with van der Waals surface area (Å²) in [6.45, 7) is 2.01. The molecule has 0 spiro atoms. The second kappa shape index (κ2) is 4.02. The fourth-order valence-electron chi connectivity index (χ4n) is 1.92. The highest BCUT2D eigenvalue weighted by Crippen LogP contribution is 2.18. The number of aromatic nitrogens is 2. The van der Waals surface area contributed by atoms with E-state index in [9.17, 15) is 4.79 Å². The number of carbonyl (C=O) groups is 1. The number of aryl methyl sites for hydroxylation is 1. The number of nitrogens with two attached hydrogens (primary N) is 1. The summed E-state index contributed by atoms with van der Waals surface area (Å²) in [5, 5.41) is 4.08. The summed E-state index contributed by atoms with van der Waals surface area (Å²) in [4.78, 5) is 13.5. The third-order valence-corrected chi connectivity index (χ3v) is 2.90. The van der Waals surface area contributed by atoms with Crippen LogP contribution in [0.15, 0.2) is 12.3 Å². The standard InChI is InChI=1S/C10H16N4O/c1-13-9(2-3-12-13)7-14-6-8(5-11)4-10(14)15/h2-3,8H,4-7,11H2,1H3. The lowest BCUT2D eigenvalue weighted by Gasteiger charge is -2.16. The Kier molecular flexibility index (Phi) is 2.73. The Labute approximate surface area is 88.8 Å². The molecule has 0 radical (unpaired) electrons. The van der Waals surface area contributed by atoms with Crippen LogP contribution in [0.4, 0.5) is 0 Å². The average molecular weight is 208 g/mol. The van der Waals surface area contributed by atoms with Gasteiger partial charge < -0.3 is 10.6 Å². The van der Waals surface area contributed by atoms with E-state index in [1.807, 2.05) is 18.0 Å². The van der Waals surface area contributed by atoms with Crippen molar-refractivity contribution in [2.75, 3.05) is 13.1 Å². The normalized spacial score (nSPS) is 21.3. The largest absolute Gasteiger partial charge is 0.336 e. The van der Waals surface area contributed by atoms with E-state index in [4.69, 9.17) is 5.73 Å². The second-order valence-electron chi connectivity index (χ2n) is 4.03. The Morgan fingerprint density at radius 2 is 2.47 bits per heavy atom. The Hall–Kier alpha value is -1.36. The van der Waals surface area contributed by atoms with E-state index < -0.39 is 0 Å². The molecule has 1 aromatic rings. The van der Waals surface area contributed by atoms with Gasteiger partial charge in [0.15, 0.2) is 0 Å². The zero-order valence-corrected chi connectivity index (χ0v) is 8.89. The van der Waals surface area contributed by atoms with Crippen molar-refractivity contribution in [3.05, 3.63) is 18.0 Å². The van der Waals surface area contributed by atoms with Gasteiger partial charge in [0.1, 0.15) is 0 Å². The third-order valence-electron chi connectivity index (χ3n) is 2.90. The first-order valence-electron chi connectivity index (χ1n) is 5.15. The molecule has 2 N–H and O–H groups in total. The molecular formula is C10H16N4O. The van der Waals surface area contributed by atoms with E-state index in [2.05, 4.69) is 5.10 Å². The molecule has 1 unspecified atom stereocenters. The van der Waals surface area contributed by atoms with Crippen molar-refractivity contribution in [3.8, 4) is 0 Å². The van der Waals surface area contributed by atoms with Crippen molar-refractivity contribution in [1.29, 1.82) is 0 Å². The number of nitrogens with zero attached hydrogens (tertiary/aromatic N) is 3. The zero-order valence-electron chi connectivity index (χ0n) is 8.89. The highest BCUT2D eigenvalue weighted by molar-refractivity contribution is 5.78. The Morgan fingerprint density at radius 1 is 1.67 bits per heavy atom. The molecule has 0 saturated carbocycles. The summed E-state index contributed by atoms with van der Waals surface area (Å²) in [5.74, 6) is 0.525. The van der Waals surface area contributed by atoms with Crippen molar-refractivity contribution in [1.82, 2.24) is 14.7 Å². The molecule has 15 heavy (non-hydrogen) atoms. The van der Waals surface area contributed by atoms with Gasteiger partial charge in [-0.25, -0.2) is 0 Å². The molecule has 1 saturated heterocycles. The minimum absolute atomic E-state index is 0.201. The smallest absolute Gasteiger partial charge is 0.223 e. The SMILES string of the molecule is Cn1nccc1CN1CC(CN)CC1=O. The van der Waals surface area contributed by atoms with Crippen LogP contribution in [0.5, 0.6) is 0 Å². The molecule has 5 heteroatoms. The maximum absolute atomic E-state index is 11.6. The molecule has 0 bridgehead atoms. The molecule has 1 aliphatic heterocycles. The van der Waals surface area contributed by atoms with Crippen molar-refractivity contribution in [2.45, 2.75) is 13.0 Å². The van der Waals surface area contributed by atoms with Crippen LogP contribution in [-0.4, -0.2) is 33.7 Å². The average Bonchev–Trinajstić information content (AvgIpc) is 2.76. The van der Waals surface area contributed by atoms with Crippen molar-refractivity contribution < 1.29 is 4.79 Å². The van der Waals surface area contributed by atoms with Gasteiger partial charge in [-0.15, -0.1) is 0 Å². The minimum atomic E-state index is 0.201. The number of hydrogen-bond donors (Lipinski definition) is 1. The molecule has 1 aromatic heterocycles. The van der Waals surface area contributed by atoms with Gasteiger partial charge in [0.2, 0.25) is 5.91 Å². The Morgan fingerprint density at radius 3 is 3.00 bits per heavy atom. The number of carbonyl (C=O) groups excluding carboxylic acids is 1. The van der Waals surface area contributed by atoms with Crippen LogP contribution in [0.2, 0.25) is 0 Å². The molecule has 82 valence electrons. The first-order chi connectivity index (χ1) is 7.20. The van der Waals surface area contributed by atoms with Gasteiger partial charge in [0.05, 0.1) is 12.2 Å². The predicted octanol–water partition coefficient (Wildman–Crippen LogP) is -0.273. The second-order valence-corrected chi connectivity index (χ2v) is 4.03. The van der Waals surface area contributed by atoms with Gasteiger partial charge >= 0.3 is 0 Å². The van der Waals surface area contributed by atoms with Crippen LogP contribution in [-0.2, 0) is 18.4 Å². The highest BCUT2D eigenvalue weighted by atomic mass is 16.2. The molecule has 5 nitrogen and oxygen atoms in total. The first-order valence-corrected chi connectivity index (χ1v) is 5.15. The summed E-state index contributed by atoms with van der Waals surface area (Å²) in [6, 6.07) is 1.93. The van der Waals surface area contributed by atoms with E-state index in [-0.39, 0.29) is 5.91 Å². The maximum atomic E-state index is 11.6. The molecule has 0 aromatic carbocycles. The number of likely N-dealkylation sites (tertiary alicyclic amines) is 1. The first kappa shape index (κ1) is 10.2. The molecule has 0 aliphatic carbocycles. The van der Waals surface area contributed by atoms with Gasteiger partial charge in [-0.1, -0.05) is 0 Å². The fourth-order valence-corrected chi connectivity index (χ4v) is 1.92. The third kappa shape index (κ3) is 2.02. The Balaban J connectivity index is 2.01. The van der Waals surface area contributed by atoms with Crippen LogP contribution in [0.3, 0.4) is 0 Å². The summed E-state index contributed by atoms with van der Waals surface area (Å²) in [6.07, 6.45) is 2.34. The zero-order chi connectivity index (χ0) is 10.8. The lowest BCUT2D eigenvalue weighted by molar-refractivity contribution is -0.128. The number of rotatable bonds is 3. The lowest BCUT2D eigenvalue weighted by atomic mass is 10.1. The molecule has 2 rings (SSSR count). The highest BCUT2D eigenvalue weighted by Gasteiger charge is 2.28. The van der Waals surface area contributed by atoms with E-state index in [1.165, 1.54) is 0 Å². The van der Waals surface area contributed by atoms with Gasteiger partial charge in [-0.05, 0) is 18.5 Å². The molecular weight excluding hydrogens is 192 g/mol. The molecule has 1 amide bonds. The van der Waals surface area contributed by atoms with E-state index in [0.717, 1.165) is 12.2 Å². The van der Waals surface area contributed by atoms with Crippen LogP contribution in [0.1, 0.15) is 12.1 Å². The molecule has 1 fully saturated rings. The van der Waals surface area contributed by atoms with Crippen LogP contribution in [0.25, 0.3) is 0 Å². The van der Waals surface area contributed by atoms with Crippen molar-refractivity contribution >= 4 is 5.91 Å². The van der Waals surface area contributed by atoms with Crippen molar-refractivity contribution in [3.63, 3.8) is 0 Å². The minimum Gasteiger partial charge on any atom is -0.336 e. The summed E-state index contributed by atoms with van der Waals surface area (Å²) in [5.41, 5.74) is 6.62. The van der Waals surface area contributed by atoms with Gasteiger partial charge in [-0.2, -0.15) is 5.10 Å². The quantitative estimate of drug-likeness (QED) is 0.743. The molecule has 1 atom stereocenters. The van der Waals surface area contributed by atoms with Crippen LogP contribution < -0.4 is 5.73 Å². The Bertz CT molecular complexity index is 360. The maximum Gasteiger partial charge on any atom is 0.223 e. The van der Waals surface area contributed by atoms with E-state index in [0.29, 0.717) is 25.4 Å². The van der Waals surface area contributed by atoms with Crippen molar-refractivity contribution in [2.24, 2.45) is 18.7 Å². The molecule has 2 heterocycles. The predicted molar refractivity (Wildman–Crippen MR) is 55.8 cm³/mol. The van der Waals surface area contributed by atoms with Crippen LogP contribution in [0, 0.1) is 5.92 Å². The fraction of sp³-hybridized carbons (Fsp3) is 0.600. The summed E-state index contributed by atoms with van der Waals surface area (Å²) >= 11 is 0. The lowest BCUT2D eigenvalue weighted by Crippen LogP contribution is -2.26. The topological polar surface area (TPSA) is 64.2 Å². The van der Waals surface area contributed by atoms with Crippen LogP contribution >= 0.6 is 0 Å². The van der Waals surface area contributed by atoms with E-state index in [1.54, 1.807) is 10.9 Å². The monoisotopic (exact) mass is 208 g/mol. The number of amides is 1.